The second-order valence-corrected chi connectivity index (χ2v) is 6.95. The predicted molar refractivity (Wildman–Crippen MR) is 86.0 cm³/mol. The van der Waals surface area contributed by atoms with Gasteiger partial charge in [-0.15, -0.1) is 0 Å². The van der Waals surface area contributed by atoms with Gasteiger partial charge in [-0.2, -0.15) is 0 Å². The Kier molecular flexibility index (Phi) is 6.82. The van der Waals surface area contributed by atoms with E-state index >= 15 is 0 Å². The Hall–Kier alpha value is -2.03. The monoisotopic (exact) mass is 345 g/mol. The lowest BCUT2D eigenvalue weighted by Gasteiger charge is -2.38. The fourth-order valence-electron chi connectivity index (χ4n) is 2.41. The van der Waals surface area contributed by atoms with Gasteiger partial charge in [-0.05, 0) is 20.8 Å². The number of nitrogens with zero attached hydrogens (tertiary/aromatic N) is 2. The maximum atomic E-state index is 11.9. The van der Waals surface area contributed by atoms with Crippen molar-refractivity contribution >= 4 is 18.2 Å². The fourth-order valence-corrected chi connectivity index (χ4v) is 2.41. The van der Waals surface area contributed by atoms with Crippen molar-refractivity contribution < 1.29 is 29.3 Å². The Labute approximate surface area is 141 Å². The van der Waals surface area contributed by atoms with Crippen LogP contribution in [0.4, 0.5) is 9.59 Å². The van der Waals surface area contributed by atoms with Crippen LogP contribution in [0.1, 0.15) is 27.7 Å². The van der Waals surface area contributed by atoms with Crippen LogP contribution in [0.15, 0.2) is 0 Å². The number of carbonyl (C=O) groups excluding carboxylic acids is 1. The molecule has 24 heavy (non-hydrogen) atoms. The molecular weight excluding hydrogens is 318 g/mol. The Morgan fingerprint density at radius 2 is 1.83 bits per heavy atom. The van der Waals surface area contributed by atoms with E-state index in [-0.39, 0.29) is 38.1 Å². The molecule has 1 rings (SSSR count). The molecule has 1 aliphatic heterocycles. The van der Waals surface area contributed by atoms with E-state index in [0.717, 1.165) is 0 Å². The van der Waals surface area contributed by atoms with Gasteiger partial charge in [-0.3, -0.25) is 4.79 Å². The number of hydrogen-bond acceptors (Lipinski definition) is 5. The fraction of sp³-hybridized carbons (Fsp3) is 0.800. The molecule has 1 fully saturated rings. The van der Waals surface area contributed by atoms with E-state index in [1.54, 1.807) is 27.7 Å². The molecule has 1 heterocycles. The summed E-state index contributed by atoms with van der Waals surface area (Å²) in [4.78, 5) is 36.6. The zero-order chi connectivity index (χ0) is 18.5. The SMILES string of the molecule is CC(CNCC1CN(C(=O)O)CCN1C(=O)O)C(=O)OC(C)(C)C. The molecule has 0 radical (unpaired) electrons. The average Bonchev–Trinajstić information content (AvgIpc) is 2.44. The van der Waals surface area contributed by atoms with Crippen LogP contribution in [-0.4, -0.2) is 82.5 Å². The summed E-state index contributed by atoms with van der Waals surface area (Å²) in [5.41, 5.74) is -0.559. The minimum absolute atomic E-state index is 0.107. The second kappa shape index (κ2) is 8.18. The molecule has 9 nitrogen and oxygen atoms in total. The van der Waals surface area contributed by atoms with Crippen molar-refractivity contribution in [2.24, 2.45) is 5.92 Å². The number of nitrogens with one attached hydrogen (secondary N) is 1. The lowest BCUT2D eigenvalue weighted by Crippen LogP contribution is -2.59. The molecular formula is C15H27N3O6. The highest BCUT2D eigenvalue weighted by Gasteiger charge is 2.32. The molecule has 2 atom stereocenters. The van der Waals surface area contributed by atoms with Gasteiger partial charge >= 0.3 is 18.2 Å². The van der Waals surface area contributed by atoms with Crippen LogP contribution < -0.4 is 5.32 Å². The topological polar surface area (TPSA) is 119 Å². The number of ether oxygens (including phenoxy) is 1. The van der Waals surface area contributed by atoms with E-state index in [2.05, 4.69) is 5.32 Å². The van der Waals surface area contributed by atoms with E-state index in [4.69, 9.17) is 9.84 Å². The molecule has 0 aliphatic carbocycles. The van der Waals surface area contributed by atoms with Gasteiger partial charge in [0.2, 0.25) is 0 Å². The molecule has 9 heteroatoms. The minimum atomic E-state index is -1.08. The van der Waals surface area contributed by atoms with Crippen LogP contribution in [0, 0.1) is 5.92 Å². The van der Waals surface area contributed by atoms with Crippen molar-refractivity contribution in [1.29, 1.82) is 0 Å². The molecule has 2 unspecified atom stereocenters. The largest absolute Gasteiger partial charge is 0.465 e. The maximum absolute atomic E-state index is 11.9. The molecule has 1 saturated heterocycles. The van der Waals surface area contributed by atoms with Crippen molar-refractivity contribution in [3.63, 3.8) is 0 Å². The molecule has 0 aromatic carbocycles. The first-order valence-electron chi connectivity index (χ1n) is 7.92. The summed E-state index contributed by atoms with van der Waals surface area (Å²) in [5, 5.41) is 21.3. The van der Waals surface area contributed by atoms with E-state index in [1.165, 1.54) is 9.80 Å². The minimum Gasteiger partial charge on any atom is -0.465 e. The first-order chi connectivity index (χ1) is 11.0. The van der Waals surface area contributed by atoms with Crippen LogP contribution in [0.5, 0.6) is 0 Å². The standard InChI is InChI=1S/C15H27N3O6/c1-10(12(19)24-15(2,3)4)7-16-8-11-9-17(13(20)21)5-6-18(11)14(22)23/h10-11,16H,5-9H2,1-4H3,(H,20,21)(H,22,23). The third-order valence-electron chi connectivity index (χ3n) is 3.64. The first kappa shape index (κ1) is 20.0. The highest BCUT2D eigenvalue weighted by Crippen LogP contribution is 2.12. The predicted octanol–water partition coefficient (Wildman–Crippen LogP) is 0.896. The summed E-state index contributed by atoms with van der Waals surface area (Å²) in [5.74, 6) is -0.720. The molecule has 2 amide bonds. The van der Waals surface area contributed by atoms with Gasteiger partial charge in [-0.25, -0.2) is 9.59 Å². The number of carboxylic acid groups (broad SMARTS) is 2. The number of carbonyl (C=O) groups is 3. The van der Waals surface area contributed by atoms with E-state index in [0.29, 0.717) is 6.54 Å². The van der Waals surface area contributed by atoms with Gasteiger partial charge in [0.15, 0.2) is 0 Å². The van der Waals surface area contributed by atoms with Gasteiger partial charge in [-0.1, -0.05) is 6.92 Å². The third-order valence-corrected chi connectivity index (χ3v) is 3.64. The van der Waals surface area contributed by atoms with Gasteiger partial charge in [0.25, 0.3) is 0 Å². The van der Waals surface area contributed by atoms with Crippen LogP contribution >= 0.6 is 0 Å². The molecule has 1 aliphatic rings. The van der Waals surface area contributed by atoms with Gasteiger partial charge in [0.05, 0.1) is 12.0 Å². The summed E-state index contributed by atoms with van der Waals surface area (Å²) in [6, 6.07) is -0.488. The zero-order valence-electron chi connectivity index (χ0n) is 14.6. The van der Waals surface area contributed by atoms with Crippen LogP contribution in [-0.2, 0) is 9.53 Å². The molecule has 0 spiro atoms. The van der Waals surface area contributed by atoms with Gasteiger partial charge in [0.1, 0.15) is 5.60 Å². The molecule has 0 saturated carbocycles. The Bertz CT molecular complexity index is 476. The molecule has 0 aromatic heterocycles. The maximum Gasteiger partial charge on any atom is 0.407 e. The van der Waals surface area contributed by atoms with Crippen molar-refractivity contribution in [1.82, 2.24) is 15.1 Å². The summed E-state index contributed by atoms with van der Waals surface area (Å²) in [7, 11) is 0. The lowest BCUT2D eigenvalue weighted by molar-refractivity contribution is -0.159. The van der Waals surface area contributed by atoms with Crippen molar-refractivity contribution in [3.8, 4) is 0 Å². The number of rotatable bonds is 5. The number of esters is 1. The number of piperazine rings is 1. The molecule has 3 N–H and O–H groups in total. The summed E-state index contributed by atoms with van der Waals surface area (Å²) in [6.45, 7) is 8.09. The normalized spacial score (nSPS) is 19.8. The van der Waals surface area contributed by atoms with Crippen LogP contribution in [0.25, 0.3) is 0 Å². The Morgan fingerprint density at radius 3 is 2.33 bits per heavy atom. The molecule has 138 valence electrons. The quantitative estimate of drug-likeness (QED) is 0.633. The third kappa shape index (κ3) is 6.23. The van der Waals surface area contributed by atoms with Crippen molar-refractivity contribution in [3.05, 3.63) is 0 Å². The smallest absolute Gasteiger partial charge is 0.407 e. The Morgan fingerprint density at radius 1 is 1.21 bits per heavy atom. The lowest BCUT2D eigenvalue weighted by atomic mass is 10.1. The van der Waals surface area contributed by atoms with Crippen LogP contribution in [0.3, 0.4) is 0 Å². The highest BCUT2D eigenvalue weighted by atomic mass is 16.6. The van der Waals surface area contributed by atoms with Crippen molar-refractivity contribution in [2.75, 3.05) is 32.7 Å². The average molecular weight is 345 g/mol. The molecule has 0 bridgehead atoms. The van der Waals surface area contributed by atoms with Gasteiger partial charge in [0, 0.05) is 32.7 Å². The molecule has 0 aromatic rings. The number of hydrogen-bond donors (Lipinski definition) is 3. The summed E-state index contributed by atoms with van der Waals surface area (Å²) < 4.78 is 5.28. The van der Waals surface area contributed by atoms with Gasteiger partial charge < -0.3 is 30.1 Å². The van der Waals surface area contributed by atoms with Crippen molar-refractivity contribution in [2.45, 2.75) is 39.3 Å². The highest BCUT2D eigenvalue weighted by molar-refractivity contribution is 5.72. The second-order valence-electron chi connectivity index (χ2n) is 6.95. The van der Waals surface area contributed by atoms with E-state index in [1.807, 2.05) is 0 Å². The van der Waals surface area contributed by atoms with E-state index in [9.17, 15) is 19.5 Å². The first-order valence-corrected chi connectivity index (χ1v) is 7.92. The summed E-state index contributed by atoms with van der Waals surface area (Å²) >= 11 is 0. The van der Waals surface area contributed by atoms with E-state index < -0.39 is 23.8 Å². The Balaban J connectivity index is 2.51. The zero-order valence-corrected chi connectivity index (χ0v) is 14.6. The number of amides is 2. The van der Waals surface area contributed by atoms with Crippen LogP contribution in [0.2, 0.25) is 0 Å². The summed E-state index contributed by atoms with van der Waals surface area (Å²) in [6.07, 6.45) is -2.14.